The lowest BCUT2D eigenvalue weighted by Crippen LogP contribution is -2.25. The second-order valence-electron chi connectivity index (χ2n) is 3.97. The quantitative estimate of drug-likeness (QED) is 0.453. The van der Waals surface area contributed by atoms with Crippen LogP contribution in [0.4, 0.5) is 38.1 Å². The molecule has 1 atom stereocenters. The number of nitrogen functional groups attached to an aromatic ring is 1. The van der Waals surface area contributed by atoms with Crippen LogP contribution in [0.15, 0.2) is 6.07 Å². The van der Waals surface area contributed by atoms with Gasteiger partial charge in [-0.1, -0.05) is 0 Å². The zero-order valence-electron chi connectivity index (χ0n) is 10.1. The molecule has 0 aromatic carbocycles. The van der Waals surface area contributed by atoms with E-state index in [2.05, 4.69) is 15.3 Å². The van der Waals surface area contributed by atoms with E-state index in [0.717, 1.165) is 0 Å². The number of hydrogen-bond donors (Lipinski definition) is 3. The second kappa shape index (κ2) is 5.69. The number of hydrogen-bond acceptors (Lipinski definition) is 5. The fourth-order valence-corrected chi connectivity index (χ4v) is 1.38. The third kappa shape index (κ3) is 5.07. The molecule has 1 heterocycles. The van der Waals surface area contributed by atoms with Crippen LogP contribution in [0.5, 0.6) is 0 Å². The summed E-state index contributed by atoms with van der Waals surface area (Å²) in [6, 6.07) is -0.648. The minimum atomic E-state index is -4.77. The first-order chi connectivity index (χ1) is 9.01. The van der Waals surface area contributed by atoms with Crippen molar-refractivity contribution < 1.29 is 26.3 Å². The van der Waals surface area contributed by atoms with Gasteiger partial charge >= 0.3 is 12.4 Å². The highest BCUT2D eigenvalue weighted by molar-refractivity contribution is 5.43. The SMILES string of the molecule is CC(CC(F)(F)F)Nc1cc(C(F)(F)F)nc(NN)n1. The Hall–Kier alpha value is -1.78. The molecule has 114 valence electrons. The van der Waals surface area contributed by atoms with Crippen LogP contribution in [0.2, 0.25) is 0 Å². The van der Waals surface area contributed by atoms with Gasteiger partial charge in [0.25, 0.3) is 0 Å². The molecule has 0 aliphatic heterocycles. The van der Waals surface area contributed by atoms with Gasteiger partial charge in [0.05, 0.1) is 6.42 Å². The highest BCUT2D eigenvalue weighted by Gasteiger charge is 2.34. The molecular formula is C9H11F6N5. The molecule has 0 fully saturated rings. The summed E-state index contributed by atoms with van der Waals surface area (Å²) in [6.07, 6.45) is -10.4. The lowest BCUT2D eigenvalue weighted by molar-refractivity contribution is -0.141. The fraction of sp³-hybridized carbons (Fsp3) is 0.556. The molecule has 0 aliphatic carbocycles. The first-order valence-corrected chi connectivity index (χ1v) is 5.27. The van der Waals surface area contributed by atoms with Crippen molar-refractivity contribution in [1.82, 2.24) is 9.97 Å². The molecular weight excluding hydrogens is 292 g/mol. The summed E-state index contributed by atoms with van der Waals surface area (Å²) in [6.45, 7) is 1.17. The average molecular weight is 303 g/mol. The number of halogens is 6. The Kier molecular flexibility index (Phi) is 4.63. The lowest BCUT2D eigenvalue weighted by atomic mass is 10.2. The molecule has 1 rings (SSSR count). The van der Waals surface area contributed by atoms with Gasteiger partial charge < -0.3 is 5.32 Å². The van der Waals surface area contributed by atoms with E-state index in [1.165, 1.54) is 6.92 Å². The first kappa shape index (κ1) is 16.3. The number of anilines is 2. The second-order valence-corrected chi connectivity index (χ2v) is 3.97. The van der Waals surface area contributed by atoms with E-state index in [0.29, 0.717) is 6.07 Å². The normalized spacial score (nSPS) is 14.0. The Morgan fingerprint density at radius 3 is 2.25 bits per heavy atom. The van der Waals surface area contributed by atoms with Crippen LogP contribution in [0.25, 0.3) is 0 Å². The number of nitrogens with one attached hydrogen (secondary N) is 2. The van der Waals surface area contributed by atoms with Gasteiger partial charge in [0.15, 0.2) is 5.69 Å². The standard InChI is InChI=1S/C9H11F6N5/c1-4(3-8(10,11)12)17-6-2-5(9(13,14)15)18-7(19-6)20-16/h2,4H,3,16H2,1H3,(H2,17,18,19,20). The largest absolute Gasteiger partial charge is 0.433 e. The third-order valence-electron chi connectivity index (χ3n) is 2.08. The van der Waals surface area contributed by atoms with Crippen molar-refractivity contribution in [3.8, 4) is 0 Å². The average Bonchev–Trinajstić information content (AvgIpc) is 2.24. The maximum atomic E-state index is 12.5. The summed E-state index contributed by atoms with van der Waals surface area (Å²) in [7, 11) is 0. The number of aromatic nitrogens is 2. The van der Waals surface area contributed by atoms with Crippen LogP contribution < -0.4 is 16.6 Å². The summed E-state index contributed by atoms with van der Waals surface area (Å²) < 4.78 is 74.0. The number of rotatable bonds is 4. The van der Waals surface area contributed by atoms with E-state index in [9.17, 15) is 26.3 Å². The van der Waals surface area contributed by atoms with Crippen LogP contribution >= 0.6 is 0 Å². The molecule has 0 saturated carbocycles. The molecule has 1 aromatic rings. The maximum absolute atomic E-state index is 12.5. The summed E-state index contributed by atoms with van der Waals surface area (Å²) >= 11 is 0. The molecule has 0 bridgehead atoms. The van der Waals surface area contributed by atoms with E-state index < -0.39 is 42.3 Å². The molecule has 4 N–H and O–H groups in total. The van der Waals surface area contributed by atoms with Gasteiger partial charge in [-0.3, -0.25) is 5.43 Å². The summed E-state index contributed by atoms with van der Waals surface area (Å²) in [4.78, 5) is 6.58. The van der Waals surface area contributed by atoms with Crippen molar-refractivity contribution in [3.63, 3.8) is 0 Å². The van der Waals surface area contributed by atoms with Crippen molar-refractivity contribution in [2.24, 2.45) is 5.84 Å². The molecule has 0 spiro atoms. The zero-order chi connectivity index (χ0) is 15.6. The highest BCUT2D eigenvalue weighted by atomic mass is 19.4. The summed E-state index contributed by atoms with van der Waals surface area (Å²) in [5.41, 5.74) is 0.499. The van der Waals surface area contributed by atoms with Crippen LogP contribution in [0.1, 0.15) is 19.0 Å². The van der Waals surface area contributed by atoms with Gasteiger partial charge in [-0.05, 0) is 6.92 Å². The number of nitrogens with two attached hydrogens (primary N) is 1. The number of hydrazine groups is 1. The van der Waals surface area contributed by atoms with Gasteiger partial charge in [0.1, 0.15) is 5.82 Å². The van der Waals surface area contributed by atoms with Gasteiger partial charge in [0.2, 0.25) is 5.95 Å². The number of alkyl halides is 6. The minimum absolute atomic E-state index is 0.406. The van der Waals surface area contributed by atoms with E-state index in [-0.39, 0.29) is 0 Å². The number of nitrogens with zero attached hydrogens (tertiary/aromatic N) is 2. The Morgan fingerprint density at radius 2 is 1.80 bits per heavy atom. The molecule has 0 amide bonds. The lowest BCUT2D eigenvalue weighted by Gasteiger charge is -2.17. The Morgan fingerprint density at radius 1 is 1.20 bits per heavy atom. The maximum Gasteiger partial charge on any atom is 0.433 e. The molecule has 11 heteroatoms. The first-order valence-electron chi connectivity index (χ1n) is 5.27. The van der Waals surface area contributed by atoms with Crippen molar-refractivity contribution in [2.75, 3.05) is 10.7 Å². The van der Waals surface area contributed by atoms with Crippen molar-refractivity contribution in [3.05, 3.63) is 11.8 Å². The molecule has 20 heavy (non-hydrogen) atoms. The van der Waals surface area contributed by atoms with E-state index >= 15 is 0 Å². The molecule has 0 radical (unpaired) electrons. The van der Waals surface area contributed by atoms with E-state index in [4.69, 9.17) is 5.84 Å². The Labute approximate surface area is 109 Å². The monoisotopic (exact) mass is 303 g/mol. The van der Waals surface area contributed by atoms with Crippen LogP contribution in [-0.2, 0) is 6.18 Å². The van der Waals surface area contributed by atoms with Crippen LogP contribution in [0, 0.1) is 0 Å². The van der Waals surface area contributed by atoms with Gasteiger partial charge in [-0.2, -0.15) is 31.3 Å². The fourth-order valence-electron chi connectivity index (χ4n) is 1.38. The smallest absolute Gasteiger partial charge is 0.367 e. The predicted octanol–water partition coefficient (Wildman–Crippen LogP) is 2.53. The van der Waals surface area contributed by atoms with Crippen molar-refractivity contribution >= 4 is 11.8 Å². The van der Waals surface area contributed by atoms with Gasteiger partial charge in [-0.25, -0.2) is 10.8 Å². The Bertz CT molecular complexity index is 457. The predicted molar refractivity (Wildman–Crippen MR) is 58.6 cm³/mol. The van der Waals surface area contributed by atoms with Crippen molar-refractivity contribution in [2.45, 2.75) is 31.7 Å². The highest BCUT2D eigenvalue weighted by Crippen LogP contribution is 2.30. The molecule has 0 saturated heterocycles. The summed E-state index contributed by atoms with van der Waals surface area (Å²) in [5.74, 6) is 3.95. The van der Waals surface area contributed by atoms with Crippen LogP contribution in [-0.4, -0.2) is 22.2 Å². The molecule has 5 nitrogen and oxygen atoms in total. The van der Waals surface area contributed by atoms with E-state index in [1.54, 1.807) is 0 Å². The summed E-state index contributed by atoms with van der Waals surface area (Å²) in [5, 5.41) is 2.22. The van der Waals surface area contributed by atoms with Gasteiger partial charge in [-0.15, -0.1) is 0 Å². The van der Waals surface area contributed by atoms with Crippen molar-refractivity contribution in [1.29, 1.82) is 0 Å². The molecule has 1 aromatic heterocycles. The molecule has 0 aliphatic rings. The molecule has 1 unspecified atom stereocenters. The zero-order valence-corrected chi connectivity index (χ0v) is 10.1. The van der Waals surface area contributed by atoms with Gasteiger partial charge in [0, 0.05) is 12.1 Å². The Balaban J connectivity index is 2.95. The van der Waals surface area contributed by atoms with E-state index in [1.807, 2.05) is 5.43 Å². The minimum Gasteiger partial charge on any atom is -0.367 e. The third-order valence-corrected chi connectivity index (χ3v) is 2.08. The van der Waals surface area contributed by atoms with Crippen LogP contribution in [0.3, 0.4) is 0 Å². The topological polar surface area (TPSA) is 75.9 Å².